The molecule has 0 saturated carbocycles. The lowest BCUT2D eigenvalue weighted by Gasteiger charge is -2.46. The molecule has 0 aromatic rings. The largest absolute Gasteiger partial charge is 0.381 e. The van der Waals surface area contributed by atoms with Gasteiger partial charge in [0.15, 0.2) is 0 Å². The monoisotopic (exact) mass is 282 g/mol. The highest BCUT2D eigenvalue weighted by Gasteiger charge is 2.37. The second-order valence-corrected chi connectivity index (χ2v) is 7.48. The van der Waals surface area contributed by atoms with Crippen LogP contribution in [0.2, 0.25) is 0 Å². The van der Waals surface area contributed by atoms with Gasteiger partial charge >= 0.3 is 0 Å². The standard InChI is InChI=1S/C17H34N2O/c1-14(2)18-12-17(7-10-20-11-8-17)13-19-9-5-6-15(3)16(19)4/h14-16,18H,5-13H2,1-4H3. The van der Waals surface area contributed by atoms with Crippen molar-refractivity contribution >= 4 is 0 Å². The van der Waals surface area contributed by atoms with E-state index in [1.165, 1.54) is 38.8 Å². The fourth-order valence-corrected chi connectivity index (χ4v) is 3.69. The van der Waals surface area contributed by atoms with Crippen LogP contribution in [0.4, 0.5) is 0 Å². The molecule has 1 N–H and O–H groups in total. The van der Waals surface area contributed by atoms with E-state index in [1.54, 1.807) is 0 Å². The first-order valence-electron chi connectivity index (χ1n) is 8.58. The molecule has 118 valence electrons. The third kappa shape index (κ3) is 4.19. The third-order valence-electron chi connectivity index (χ3n) is 5.48. The molecular weight excluding hydrogens is 248 g/mol. The SMILES string of the molecule is CC(C)NCC1(CN2CCCC(C)C2C)CCOCC1. The van der Waals surface area contributed by atoms with Gasteiger partial charge in [0.25, 0.3) is 0 Å². The average molecular weight is 282 g/mol. The normalized spacial score (nSPS) is 31.6. The van der Waals surface area contributed by atoms with Crippen molar-refractivity contribution in [1.82, 2.24) is 10.2 Å². The van der Waals surface area contributed by atoms with Crippen LogP contribution in [0, 0.1) is 11.3 Å². The van der Waals surface area contributed by atoms with E-state index in [2.05, 4.69) is 37.9 Å². The first-order chi connectivity index (χ1) is 9.52. The highest BCUT2D eigenvalue weighted by atomic mass is 16.5. The van der Waals surface area contributed by atoms with E-state index in [9.17, 15) is 0 Å². The topological polar surface area (TPSA) is 24.5 Å². The van der Waals surface area contributed by atoms with Crippen LogP contribution in [-0.4, -0.2) is 49.8 Å². The number of piperidine rings is 1. The first kappa shape index (κ1) is 16.3. The molecule has 0 bridgehead atoms. The van der Waals surface area contributed by atoms with Crippen molar-refractivity contribution in [2.24, 2.45) is 11.3 Å². The van der Waals surface area contributed by atoms with Crippen LogP contribution >= 0.6 is 0 Å². The Morgan fingerprint density at radius 3 is 2.60 bits per heavy atom. The van der Waals surface area contributed by atoms with Gasteiger partial charge in [-0.2, -0.15) is 0 Å². The van der Waals surface area contributed by atoms with Crippen LogP contribution < -0.4 is 5.32 Å². The van der Waals surface area contributed by atoms with Crippen LogP contribution in [0.5, 0.6) is 0 Å². The Labute approximate surface area is 125 Å². The van der Waals surface area contributed by atoms with Crippen molar-refractivity contribution in [1.29, 1.82) is 0 Å². The molecular formula is C17H34N2O. The highest BCUT2D eigenvalue weighted by Crippen LogP contribution is 2.34. The molecule has 3 nitrogen and oxygen atoms in total. The summed E-state index contributed by atoms with van der Waals surface area (Å²) in [7, 11) is 0. The lowest BCUT2D eigenvalue weighted by Crippen LogP contribution is -2.53. The molecule has 0 spiro atoms. The van der Waals surface area contributed by atoms with Gasteiger partial charge in [0.05, 0.1) is 0 Å². The molecule has 2 unspecified atom stereocenters. The van der Waals surface area contributed by atoms with E-state index in [-0.39, 0.29) is 0 Å². The van der Waals surface area contributed by atoms with Gasteiger partial charge in [0.2, 0.25) is 0 Å². The summed E-state index contributed by atoms with van der Waals surface area (Å²) in [6, 6.07) is 1.31. The molecule has 0 aromatic carbocycles. The first-order valence-corrected chi connectivity index (χ1v) is 8.58. The van der Waals surface area contributed by atoms with Gasteiger partial charge in [-0.05, 0) is 50.5 Å². The molecule has 2 fully saturated rings. The van der Waals surface area contributed by atoms with E-state index >= 15 is 0 Å². The van der Waals surface area contributed by atoms with Gasteiger partial charge in [0.1, 0.15) is 0 Å². The molecule has 2 heterocycles. The highest BCUT2D eigenvalue weighted by molar-refractivity contribution is 4.91. The number of nitrogens with zero attached hydrogens (tertiary/aromatic N) is 1. The summed E-state index contributed by atoms with van der Waals surface area (Å²) in [5.41, 5.74) is 0.424. The van der Waals surface area contributed by atoms with Gasteiger partial charge < -0.3 is 10.1 Å². The average Bonchev–Trinajstić information content (AvgIpc) is 2.43. The van der Waals surface area contributed by atoms with E-state index < -0.39 is 0 Å². The number of likely N-dealkylation sites (tertiary alicyclic amines) is 1. The number of nitrogens with one attached hydrogen (secondary N) is 1. The summed E-state index contributed by atoms with van der Waals surface area (Å²) < 4.78 is 5.62. The Hall–Kier alpha value is -0.120. The molecule has 2 atom stereocenters. The van der Waals surface area contributed by atoms with Crippen LogP contribution in [0.15, 0.2) is 0 Å². The molecule has 0 aliphatic carbocycles. The molecule has 3 heteroatoms. The van der Waals surface area contributed by atoms with E-state index in [1.807, 2.05) is 0 Å². The van der Waals surface area contributed by atoms with Gasteiger partial charge in [-0.1, -0.05) is 20.8 Å². The zero-order valence-corrected chi connectivity index (χ0v) is 14.0. The molecule has 0 aromatic heterocycles. The second kappa shape index (κ2) is 7.24. The predicted octanol–water partition coefficient (Wildman–Crippen LogP) is 2.90. The third-order valence-corrected chi connectivity index (χ3v) is 5.48. The summed E-state index contributed by atoms with van der Waals surface area (Å²) in [4.78, 5) is 2.75. The number of ether oxygens (including phenoxy) is 1. The minimum Gasteiger partial charge on any atom is -0.381 e. The maximum absolute atomic E-state index is 5.62. The minimum absolute atomic E-state index is 0.424. The fourth-order valence-electron chi connectivity index (χ4n) is 3.69. The van der Waals surface area contributed by atoms with E-state index in [0.717, 1.165) is 31.7 Å². The molecule has 2 aliphatic rings. The molecule has 20 heavy (non-hydrogen) atoms. The van der Waals surface area contributed by atoms with Gasteiger partial charge in [0, 0.05) is 38.4 Å². The smallest absolute Gasteiger partial charge is 0.0472 e. The van der Waals surface area contributed by atoms with Gasteiger partial charge in [-0.15, -0.1) is 0 Å². The Morgan fingerprint density at radius 1 is 1.25 bits per heavy atom. The van der Waals surface area contributed by atoms with Gasteiger partial charge in [-0.3, -0.25) is 4.90 Å². The Morgan fingerprint density at radius 2 is 1.95 bits per heavy atom. The summed E-state index contributed by atoms with van der Waals surface area (Å²) >= 11 is 0. The second-order valence-electron chi connectivity index (χ2n) is 7.48. The lowest BCUT2D eigenvalue weighted by molar-refractivity contribution is -0.0226. The zero-order chi connectivity index (χ0) is 14.6. The van der Waals surface area contributed by atoms with Crippen molar-refractivity contribution in [3.05, 3.63) is 0 Å². The number of hydrogen-bond donors (Lipinski definition) is 1. The molecule has 2 aliphatic heterocycles. The molecule has 0 amide bonds. The lowest BCUT2D eigenvalue weighted by atomic mass is 9.78. The van der Waals surface area contributed by atoms with Crippen LogP contribution in [0.1, 0.15) is 53.4 Å². The van der Waals surface area contributed by atoms with Gasteiger partial charge in [-0.25, -0.2) is 0 Å². The summed E-state index contributed by atoms with van der Waals surface area (Å²) in [6.07, 6.45) is 5.20. The van der Waals surface area contributed by atoms with Crippen LogP contribution in [0.3, 0.4) is 0 Å². The van der Waals surface area contributed by atoms with Crippen LogP contribution in [0.25, 0.3) is 0 Å². The van der Waals surface area contributed by atoms with Crippen molar-refractivity contribution < 1.29 is 4.74 Å². The Bertz CT molecular complexity index is 287. The van der Waals surface area contributed by atoms with Crippen molar-refractivity contribution in [2.75, 3.05) is 32.8 Å². The van der Waals surface area contributed by atoms with E-state index in [4.69, 9.17) is 4.74 Å². The van der Waals surface area contributed by atoms with Crippen molar-refractivity contribution in [3.63, 3.8) is 0 Å². The summed E-state index contributed by atoms with van der Waals surface area (Å²) in [5, 5.41) is 3.69. The minimum atomic E-state index is 0.424. The van der Waals surface area contributed by atoms with Crippen LogP contribution in [-0.2, 0) is 4.74 Å². The maximum Gasteiger partial charge on any atom is 0.0472 e. The van der Waals surface area contributed by atoms with Crippen molar-refractivity contribution in [2.45, 2.75) is 65.5 Å². The molecule has 2 saturated heterocycles. The van der Waals surface area contributed by atoms with Crippen molar-refractivity contribution in [3.8, 4) is 0 Å². The summed E-state index contributed by atoms with van der Waals surface area (Å²) in [6.45, 7) is 14.9. The number of rotatable bonds is 5. The number of hydrogen-bond acceptors (Lipinski definition) is 3. The predicted molar refractivity (Wildman–Crippen MR) is 85.1 cm³/mol. The van der Waals surface area contributed by atoms with E-state index in [0.29, 0.717) is 11.5 Å². The molecule has 0 radical (unpaired) electrons. The zero-order valence-electron chi connectivity index (χ0n) is 14.0. The fraction of sp³-hybridized carbons (Fsp3) is 1.00. The molecule has 2 rings (SSSR count). The maximum atomic E-state index is 5.62. The Balaban J connectivity index is 1.99. The Kier molecular flexibility index (Phi) is 5.88. The summed E-state index contributed by atoms with van der Waals surface area (Å²) in [5.74, 6) is 0.846. The quantitative estimate of drug-likeness (QED) is 0.839.